The molecule has 3 rings (SSSR count). The number of carbonyl (C=O) groups is 5. The monoisotopic (exact) mass is 1450 g/mol. The highest BCUT2D eigenvalue weighted by Gasteiger charge is 2.55. The number of hydrogen-bond acceptors (Lipinski definition) is 25. The lowest BCUT2D eigenvalue weighted by Gasteiger charge is -2.49. The maximum absolute atomic E-state index is 13.7. The number of phosphoric acid groups is 1. The summed E-state index contributed by atoms with van der Waals surface area (Å²) < 4.78 is 77.1. The first-order valence-electron chi connectivity index (χ1n) is 37.3. The number of phosphoric ester groups is 1. The highest BCUT2D eigenvalue weighted by molar-refractivity contribution is 7.48. The van der Waals surface area contributed by atoms with Gasteiger partial charge in [0.25, 0.3) is 0 Å². The van der Waals surface area contributed by atoms with Crippen LogP contribution in [0.3, 0.4) is 0 Å². The molecule has 28 nitrogen and oxygen atoms in total. The van der Waals surface area contributed by atoms with E-state index in [-0.39, 0.29) is 70.4 Å². The Labute approximate surface area is 593 Å². The summed E-state index contributed by atoms with van der Waals surface area (Å²) in [6.45, 7) is 6.19. The third kappa shape index (κ3) is 36.4. The van der Waals surface area contributed by atoms with Gasteiger partial charge in [-0.2, -0.15) is 0 Å². The quantitative estimate of drug-likeness (QED) is 0.0127. The molecule has 0 aromatic carbocycles. The number of carbonyl (C=O) groups excluding carboxylic acids is 5. The van der Waals surface area contributed by atoms with Gasteiger partial charge in [-0.25, -0.2) is 4.57 Å². The molecule has 100 heavy (non-hydrogen) atoms. The zero-order chi connectivity index (χ0) is 73.5. The highest BCUT2D eigenvalue weighted by Crippen LogP contribution is 2.48. The molecule has 18 atom stereocenters. The van der Waals surface area contributed by atoms with Crippen molar-refractivity contribution in [3.05, 3.63) is 24.3 Å². The average Bonchev–Trinajstić information content (AvgIpc) is 0.773. The maximum Gasteiger partial charge on any atom is 0.474 e. The van der Waals surface area contributed by atoms with E-state index in [0.717, 1.165) is 97.5 Å². The Hall–Kier alpha value is -3.62. The summed E-state index contributed by atoms with van der Waals surface area (Å²) in [7, 11) is -3.15. The number of hydrogen-bond donors (Lipinski definition) is 11. The third-order valence-electron chi connectivity index (χ3n) is 17.9. The molecule has 3 aliphatic heterocycles. The molecule has 3 aliphatic rings. The van der Waals surface area contributed by atoms with Crippen molar-refractivity contribution in [2.75, 3.05) is 59.8 Å². The molecule has 582 valence electrons. The Balaban J connectivity index is 1.51. The lowest BCUT2D eigenvalue weighted by Crippen LogP contribution is -2.68. The Morgan fingerprint density at radius 1 is 0.530 bits per heavy atom. The van der Waals surface area contributed by atoms with Crippen molar-refractivity contribution < 1.29 is 121 Å². The van der Waals surface area contributed by atoms with Gasteiger partial charge in [0.15, 0.2) is 25.0 Å². The summed E-state index contributed by atoms with van der Waals surface area (Å²) in [6, 6.07) is -1.49. The van der Waals surface area contributed by atoms with Crippen LogP contribution in [0.4, 0.5) is 0 Å². The SMILES string of the molecule is CCCCCCCC/C=C\C(CCCCCC)C(=O)OC[C@H](COP(=O)(OC)OCCNC(=O)CCCCC(=O)NCCCO[C@@H]1OC(CO)[C@H](O)[C@H](O[C@H]2OC(CO)[C@H](O)[C@H](O)C2NC(C)=O)C1O[C@@H]1OC(C)[C@@H](O)[C@H](O)C1O)OC(=O)CCCCCCC/C=C/CCCCCCCC. The minimum atomic E-state index is -4.28. The number of aliphatic hydroxyl groups excluding tert-OH is 8. The molecule has 0 saturated carbocycles. The molecule has 3 heterocycles. The number of aliphatic hydroxyl groups is 8. The van der Waals surface area contributed by atoms with Gasteiger partial charge >= 0.3 is 19.8 Å². The fourth-order valence-corrected chi connectivity index (χ4v) is 12.7. The smallest absolute Gasteiger partial charge is 0.461 e. The zero-order valence-electron chi connectivity index (χ0n) is 60.7. The first-order chi connectivity index (χ1) is 48.2. The van der Waals surface area contributed by atoms with E-state index in [4.69, 9.17) is 51.5 Å². The molecule has 3 saturated heterocycles. The van der Waals surface area contributed by atoms with Crippen molar-refractivity contribution in [2.24, 2.45) is 5.92 Å². The Kier molecular flexibility index (Phi) is 49.0. The maximum atomic E-state index is 13.7. The van der Waals surface area contributed by atoms with Gasteiger partial charge in [-0.15, -0.1) is 0 Å². The second kappa shape index (κ2) is 54.0. The lowest BCUT2D eigenvalue weighted by atomic mass is 9.95. The van der Waals surface area contributed by atoms with Gasteiger partial charge in [0.2, 0.25) is 17.7 Å². The fourth-order valence-electron chi connectivity index (χ4n) is 11.8. The summed E-state index contributed by atoms with van der Waals surface area (Å²) >= 11 is 0. The summed E-state index contributed by atoms with van der Waals surface area (Å²) in [5.41, 5.74) is 0. The number of rotatable bonds is 57. The van der Waals surface area contributed by atoms with E-state index in [1.165, 1.54) is 71.1 Å². The predicted molar refractivity (Wildman–Crippen MR) is 370 cm³/mol. The lowest BCUT2D eigenvalue weighted by molar-refractivity contribution is -0.385. The van der Waals surface area contributed by atoms with Gasteiger partial charge in [-0.05, 0) is 77.6 Å². The molecule has 29 heteroatoms. The van der Waals surface area contributed by atoms with Crippen LogP contribution in [-0.4, -0.2) is 229 Å². The van der Waals surface area contributed by atoms with Crippen molar-refractivity contribution in [1.82, 2.24) is 16.0 Å². The van der Waals surface area contributed by atoms with E-state index in [0.29, 0.717) is 25.7 Å². The van der Waals surface area contributed by atoms with Gasteiger partial charge in [-0.1, -0.05) is 154 Å². The molecule has 0 aromatic rings. The van der Waals surface area contributed by atoms with Crippen molar-refractivity contribution in [3.8, 4) is 0 Å². The van der Waals surface area contributed by atoms with E-state index in [1.807, 2.05) is 6.08 Å². The molecule has 0 bridgehead atoms. The fraction of sp³-hybridized carbons (Fsp3) is 0.873. The molecular weight excluding hydrogens is 1330 g/mol. The van der Waals surface area contributed by atoms with Crippen molar-refractivity contribution >= 4 is 37.5 Å². The second-order valence-electron chi connectivity index (χ2n) is 26.4. The number of esters is 2. The number of nitrogens with one attached hydrogen (secondary N) is 3. The number of unbranched alkanes of at least 4 members (excludes halogenated alkanes) is 21. The van der Waals surface area contributed by atoms with Crippen molar-refractivity contribution in [1.29, 1.82) is 0 Å². The van der Waals surface area contributed by atoms with Gasteiger partial charge in [0, 0.05) is 46.4 Å². The van der Waals surface area contributed by atoms with E-state index < -0.39 is 150 Å². The van der Waals surface area contributed by atoms with Gasteiger partial charge in [0.05, 0.1) is 45.1 Å². The van der Waals surface area contributed by atoms with Crippen LogP contribution in [0.1, 0.15) is 234 Å². The summed E-state index contributed by atoms with van der Waals surface area (Å²) in [5, 5.41) is 93.0. The molecule has 0 aliphatic carbocycles. The number of ether oxygens (including phenoxy) is 8. The molecule has 3 amide bonds. The zero-order valence-corrected chi connectivity index (χ0v) is 61.6. The summed E-state index contributed by atoms with van der Waals surface area (Å²) in [4.78, 5) is 64.8. The molecule has 3 fully saturated rings. The number of allylic oxidation sites excluding steroid dienone is 3. The van der Waals surface area contributed by atoms with Crippen LogP contribution in [0.15, 0.2) is 24.3 Å². The molecule has 11 N–H and O–H groups in total. The van der Waals surface area contributed by atoms with Gasteiger partial charge in [0.1, 0.15) is 73.7 Å². The molecule has 8 unspecified atom stereocenters. The number of amides is 3. The van der Waals surface area contributed by atoms with Crippen LogP contribution in [0, 0.1) is 5.92 Å². The summed E-state index contributed by atoms with van der Waals surface area (Å²) in [5.74, 6) is -2.84. The third-order valence-corrected chi connectivity index (χ3v) is 19.3. The first kappa shape index (κ1) is 90.6. The normalized spacial score (nSPS) is 26.8. The topological polar surface area (TPSA) is 402 Å². The van der Waals surface area contributed by atoms with Crippen molar-refractivity contribution in [3.63, 3.8) is 0 Å². The Morgan fingerprint density at radius 2 is 1.06 bits per heavy atom. The Morgan fingerprint density at radius 3 is 1.65 bits per heavy atom. The largest absolute Gasteiger partial charge is 0.474 e. The minimum absolute atomic E-state index is 0.0440. The van der Waals surface area contributed by atoms with Crippen LogP contribution in [0.25, 0.3) is 0 Å². The van der Waals surface area contributed by atoms with Crippen molar-refractivity contribution in [2.45, 2.75) is 332 Å². The van der Waals surface area contributed by atoms with Crippen LogP contribution in [0.2, 0.25) is 0 Å². The van der Waals surface area contributed by atoms with Crippen LogP contribution < -0.4 is 16.0 Å². The Bertz CT molecular complexity index is 2310. The van der Waals surface area contributed by atoms with Gasteiger partial charge in [-0.3, -0.25) is 37.5 Å². The van der Waals surface area contributed by atoms with E-state index in [9.17, 15) is 69.4 Å². The molecule has 0 radical (unpaired) electrons. The van der Waals surface area contributed by atoms with Crippen LogP contribution in [0.5, 0.6) is 0 Å². The van der Waals surface area contributed by atoms with Gasteiger partial charge < -0.3 is 94.7 Å². The van der Waals surface area contributed by atoms with E-state index in [1.54, 1.807) is 0 Å². The van der Waals surface area contributed by atoms with E-state index in [2.05, 4.69) is 54.9 Å². The second-order valence-corrected chi connectivity index (χ2v) is 28.2. The average molecular weight is 1450 g/mol. The predicted octanol–water partition coefficient (Wildman–Crippen LogP) is 6.98. The molecule has 0 aromatic heterocycles. The van der Waals surface area contributed by atoms with Crippen LogP contribution in [-0.2, 0) is 80.0 Å². The van der Waals surface area contributed by atoms with E-state index >= 15 is 0 Å². The molecule has 0 spiro atoms. The minimum Gasteiger partial charge on any atom is -0.461 e. The molecular formula is C71H128N3O25P. The summed E-state index contributed by atoms with van der Waals surface area (Å²) in [6.07, 6.45) is 12.7. The standard InChI is InChI=1S/C71H128N3O25P/c1-7-10-13-16-18-20-21-22-23-24-25-26-28-30-33-41-58(80)95-53(48-91-68(87)52(37-31-15-12-9-3)38-32-29-27-19-17-14-11-8-2)49-93-100(88,89-6)92-45-43-73-57(79)40-35-34-39-56(78)72-42-36-44-90-71-67(99-70-65(86)64(85)60(81)50(4)94-70)66(62(83)55(47-76)97-71)98-69-59(74-51(5)77)63(84)61(82)54(46-75)96-69/h22-23,32,38,50,52-55,59-67,69-71,75-76,81-86H,7-21,24-31,33-37,39-49H2,1-6H3,(H,72,78)(H,73,79)(H,74,77)/b23-22+,38-32-/t50?,52?,53-,54?,55?,59?,60-,61+,62+,63-,64+,65?,66+,67?,69-,70+,71-,100?/m1/s1. The van der Waals surface area contributed by atoms with Crippen LogP contribution >= 0.6 is 7.82 Å². The first-order valence-corrected chi connectivity index (χ1v) is 38.8. The highest BCUT2D eigenvalue weighted by atomic mass is 31.2.